The molecule has 0 aromatic heterocycles. The van der Waals surface area contributed by atoms with E-state index in [4.69, 9.17) is 0 Å². The van der Waals surface area contributed by atoms with Crippen LogP contribution in [0.5, 0.6) is 0 Å². The number of hydrogen-bond acceptors (Lipinski definition) is 2. The van der Waals surface area contributed by atoms with Gasteiger partial charge in [0.1, 0.15) is 11.6 Å². The van der Waals surface area contributed by atoms with Gasteiger partial charge in [0.2, 0.25) is 0 Å². The highest BCUT2D eigenvalue weighted by molar-refractivity contribution is 5.66. The molecule has 0 saturated heterocycles. The van der Waals surface area contributed by atoms with Gasteiger partial charge in [-0.1, -0.05) is 25.1 Å². The van der Waals surface area contributed by atoms with Crippen molar-refractivity contribution in [1.29, 1.82) is 0 Å². The van der Waals surface area contributed by atoms with Crippen LogP contribution >= 0.6 is 0 Å². The van der Waals surface area contributed by atoms with Crippen molar-refractivity contribution in [3.05, 3.63) is 59.7 Å². The number of benzene rings is 2. The summed E-state index contributed by atoms with van der Waals surface area (Å²) >= 11 is 0. The third kappa shape index (κ3) is 3.14. The van der Waals surface area contributed by atoms with Gasteiger partial charge in [0.15, 0.2) is 0 Å². The topological polar surface area (TPSA) is 15.3 Å². The Morgan fingerprint density at radius 2 is 1.85 bits per heavy atom. The Kier molecular flexibility index (Phi) is 4.69. The van der Waals surface area contributed by atoms with E-state index in [0.29, 0.717) is 17.9 Å². The Morgan fingerprint density at radius 3 is 2.55 bits per heavy atom. The van der Waals surface area contributed by atoms with Crippen LogP contribution in [-0.4, -0.2) is 13.6 Å². The first-order valence-electron chi connectivity index (χ1n) is 6.61. The fourth-order valence-electron chi connectivity index (χ4n) is 2.15. The van der Waals surface area contributed by atoms with Gasteiger partial charge in [-0.25, -0.2) is 8.78 Å². The summed E-state index contributed by atoms with van der Waals surface area (Å²) in [5.41, 5.74) is 1.94. The van der Waals surface area contributed by atoms with Gasteiger partial charge in [-0.2, -0.15) is 0 Å². The average Bonchev–Trinajstić information content (AvgIpc) is 2.44. The van der Waals surface area contributed by atoms with Gasteiger partial charge in [0.05, 0.1) is 5.69 Å². The summed E-state index contributed by atoms with van der Waals surface area (Å²) in [4.78, 5) is 1.67. The summed E-state index contributed by atoms with van der Waals surface area (Å²) in [7, 11) is 1.74. The van der Waals surface area contributed by atoms with Crippen molar-refractivity contribution in [2.24, 2.45) is 0 Å². The lowest BCUT2D eigenvalue weighted by molar-refractivity contribution is 0.619. The van der Waals surface area contributed by atoms with Crippen LogP contribution in [-0.2, 0) is 6.54 Å². The fourth-order valence-corrected chi connectivity index (χ4v) is 2.15. The van der Waals surface area contributed by atoms with E-state index in [1.165, 1.54) is 18.2 Å². The zero-order valence-electron chi connectivity index (χ0n) is 11.7. The van der Waals surface area contributed by atoms with E-state index in [9.17, 15) is 8.78 Å². The number of rotatable bonds is 5. The van der Waals surface area contributed by atoms with Crippen LogP contribution in [0, 0.1) is 11.6 Å². The zero-order valence-corrected chi connectivity index (χ0v) is 11.7. The molecule has 4 heteroatoms. The highest BCUT2D eigenvalue weighted by atomic mass is 19.1. The molecule has 1 N–H and O–H groups in total. The molecule has 0 aliphatic rings. The predicted octanol–water partition coefficient (Wildman–Crippen LogP) is 3.84. The third-order valence-corrected chi connectivity index (χ3v) is 3.17. The van der Waals surface area contributed by atoms with Crippen LogP contribution < -0.4 is 10.2 Å². The Labute approximate surface area is 118 Å². The minimum absolute atomic E-state index is 0.313. The van der Waals surface area contributed by atoms with E-state index in [1.54, 1.807) is 30.1 Å². The second-order valence-corrected chi connectivity index (χ2v) is 4.57. The van der Waals surface area contributed by atoms with E-state index in [1.807, 2.05) is 13.0 Å². The summed E-state index contributed by atoms with van der Waals surface area (Å²) in [5.74, 6) is -0.647. The van der Waals surface area contributed by atoms with Crippen molar-refractivity contribution in [2.75, 3.05) is 18.5 Å². The van der Waals surface area contributed by atoms with Crippen molar-refractivity contribution < 1.29 is 8.78 Å². The van der Waals surface area contributed by atoms with E-state index < -0.39 is 0 Å². The lowest BCUT2D eigenvalue weighted by Gasteiger charge is -2.23. The number of anilines is 2. The third-order valence-electron chi connectivity index (χ3n) is 3.17. The van der Waals surface area contributed by atoms with Crippen LogP contribution in [0.2, 0.25) is 0 Å². The normalized spacial score (nSPS) is 10.6. The van der Waals surface area contributed by atoms with Gasteiger partial charge in [-0.15, -0.1) is 0 Å². The molecule has 2 nitrogen and oxygen atoms in total. The van der Waals surface area contributed by atoms with E-state index in [0.717, 1.165) is 12.1 Å². The lowest BCUT2D eigenvalue weighted by Crippen LogP contribution is -2.18. The molecule has 0 radical (unpaired) electrons. The predicted molar refractivity (Wildman–Crippen MR) is 78.2 cm³/mol. The number of para-hydroxylation sites is 1. The summed E-state index contributed by atoms with van der Waals surface area (Å²) < 4.78 is 27.5. The largest absolute Gasteiger partial charge is 0.342 e. The fraction of sp³-hybridized carbons (Fsp3) is 0.250. The first kappa shape index (κ1) is 14.5. The highest BCUT2D eigenvalue weighted by Crippen LogP contribution is 2.30. The minimum atomic E-state index is -0.334. The molecule has 0 spiro atoms. The average molecular weight is 276 g/mol. The monoisotopic (exact) mass is 276 g/mol. The highest BCUT2D eigenvalue weighted by Gasteiger charge is 2.14. The van der Waals surface area contributed by atoms with E-state index in [-0.39, 0.29) is 11.6 Å². The van der Waals surface area contributed by atoms with Gasteiger partial charge in [0, 0.05) is 19.3 Å². The summed E-state index contributed by atoms with van der Waals surface area (Å²) in [5, 5.41) is 3.18. The molecule has 0 atom stereocenters. The molecule has 0 unspecified atom stereocenters. The summed E-state index contributed by atoms with van der Waals surface area (Å²) in [6.07, 6.45) is 0. The minimum Gasteiger partial charge on any atom is -0.342 e. The number of nitrogens with zero attached hydrogens (tertiary/aromatic N) is 1. The van der Waals surface area contributed by atoms with Crippen LogP contribution in [0.15, 0.2) is 42.5 Å². The maximum Gasteiger partial charge on any atom is 0.147 e. The maximum atomic E-state index is 14.2. The van der Waals surface area contributed by atoms with Crippen LogP contribution in [0.4, 0.5) is 20.2 Å². The molecule has 0 heterocycles. The van der Waals surface area contributed by atoms with Gasteiger partial charge in [-0.3, -0.25) is 0 Å². The van der Waals surface area contributed by atoms with Crippen molar-refractivity contribution in [2.45, 2.75) is 13.5 Å². The number of hydrogen-bond donors (Lipinski definition) is 1. The smallest absolute Gasteiger partial charge is 0.147 e. The molecule has 106 valence electrons. The van der Waals surface area contributed by atoms with Crippen molar-refractivity contribution in [3.8, 4) is 0 Å². The first-order chi connectivity index (χ1) is 9.63. The number of halogens is 2. The first-order valence-corrected chi connectivity index (χ1v) is 6.61. The molecule has 2 aromatic rings. The molecule has 0 amide bonds. The van der Waals surface area contributed by atoms with Gasteiger partial charge >= 0.3 is 0 Å². The van der Waals surface area contributed by atoms with Crippen LogP contribution in [0.3, 0.4) is 0 Å². The van der Waals surface area contributed by atoms with Crippen LogP contribution in [0.1, 0.15) is 12.5 Å². The zero-order chi connectivity index (χ0) is 14.5. The SMILES string of the molecule is CCNCc1cccc(F)c1N(C)c1cccc(F)c1. The summed E-state index contributed by atoms with van der Waals surface area (Å²) in [6.45, 7) is 3.37. The molecular formula is C16H18F2N2. The van der Waals surface area contributed by atoms with E-state index in [2.05, 4.69) is 5.32 Å². The van der Waals surface area contributed by atoms with Gasteiger partial charge in [0.25, 0.3) is 0 Å². The molecule has 0 bridgehead atoms. The van der Waals surface area contributed by atoms with Crippen molar-refractivity contribution in [1.82, 2.24) is 5.32 Å². The van der Waals surface area contributed by atoms with Gasteiger partial charge in [-0.05, 0) is 36.4 Å². The quantitative estimate of drug-likeness (QED) is 0.892. The molecule has 0 fully saturated rings. The number of nitrogens with one attached hydrogen (secondary N) is 1. The molecule has 0 aliphatic heterocycles. The lowest BCUT2D eigenvalue weighted by atomic mass is 10.1. The van der Waals surface area contributed by atoms with Crippen LogP contribution in [0.25, 0.3) is 0 Å². The molecule has 0 aliphatic carbocycles. The summed E-state index contributed by atoms with van der Waals surface area (Å²) in [6, 6.07) is 11.1. The van der Waals surface area contributed by atoms with E-state index >= 15 is 0 Å². The molecule has 2 rings (SSSR count). The standard InChI is InChI=1S/C16H18F2N2/c1-3-19-11-12-6-4-9-15(18)16(12)20(2)14-8-5-7-13(17)10-14/h4-10,19H,3,11H2,1-2H3. The second kappa shape index (κ2) is 6.48. The second-order valence-electron chi connectivity index (χ2n) is 4.57. The van der Waals surface area contributed by atoms with Crippen molar-refractivity contribution in [3.63, 3.8) is 0 Å². The Morgan fingerprint density at radius 1 is 1.10 bits per heavy atom. The Hall–Kier alpha value is -1.94. The molecule has 0 saturated carbocycles. The Balaban J connectivity index is 2.40. The molecule has 20 heavy (non-hydrogen) atoms. The molecule has 2 aromatic carbocycles. The Bertz CT molecular complexity index is 584. The van der Waals surface area contributed by atoms with Gasteiger partial charge < -0.3 is 10.2 Å². The van der Waals surface area contributed by atoms with Crippen molar-refractivity contribution >= 4 is 11.4 Å². The molecular weight excluding hydrogens is 258 g/mol. The maximum absolute atomic E-state index is 14.2.